The molecule has 1 saturated heterocycles. The van der Waals surface area contributed by atoms with Gasteiger partial charge in [-0.15, -0.1) is 0 Å². The molecule has 32 heavy (non-hydrogen) atoms. The summed E-state index contributed by atoms with van der Waals surface area (Å²) in [5.41, 5.74) is 0.169. The zero-order valence-corrected chi connectivity index (χ0v) is 17.7. The minimum absolute atomic E-state index is 0.155. The molecule has 0 spiro atoms. The van der Waals surface area contributed by atoms with Gasteiger partial charge in [0.25, 0.3) is 5.91 Å². The summed E-state index contributed by atoms with van der Waals surface area (Å²) in [6.07, 6.45) is -3.55. The number of para-hydroxylation sites is 2. The highest BCUT2D eigenvalue weighted by atomic mass is 19.4. The van der Waals surface area contributed by atoms with Crippen LogP contribution in [0.15, 0.2) is 36.4 Å². The summed E-state index contributed by atoms with van der Waals surface area (Å²) in [5, 5.41) is 4.19. The lowest BCUT2D eigenvalue weighted by Crippen LogP contribution is -2.32. The zero-order chi connectivity index (χ0) is 22.9. The molecule has 10 heteroatoms. The van der Waals surface area contributed by atoms with Crippen LogP contribution in [0.4, 0.5) is 13.2 Å². The Labute approximate surface area is 182 Å². The lowest BCUT2D eigenvalue weighted by atomic mass is 10.1. The Bertz CT molecular complexity index is 1130. The van der Waals surface area contributed by atoms with Crippen LogP contribution in [0.2, 0.25) is 0 Å². The molecule has 0 unspecified atom stereocenters. The van der Waals surface area contributed by atoms with Gasteiger partial charge in [-0.2, -0.15) is 18.3 Å². The number of aromatic nitrogens is 3. The van der Waals surface area contributed by atoms with Crippen LogP contribution >= 0.6 is 0 Å². The maximum atomic E-state index is 13.5. The zero-order valence-electron chi connectivity index (χ0n) is 17.7. The van der Waals surface area contributed by atoms with Crippen LogP contribution in [0, 0.1) is 0 Å². The number of carbonyl (C=O) groups is 1. The van der Waals surface area contributed by atoms with E-state index in [1.807, 2.05) is 0 Å². The first-order valence-electron chi connectivity index (χ1n) is 10.3. The van der Waals surface area contributed by atoms with Gasteiger partial charge < -0.3 is 14.4 Å². The third kappa shape index (κ3) is 4.35. The first kappa shape index (κ1) is 21.9. The Hall–Kier alpha value is -3.30. The number of carbonyl (C=O) groups excluding carboxylic acids is 1. The first-order valence-corrected chi connectivity index (χ1v) is 10.3. The maximum Gasteiger partial charge on any atom is 0.433 e. The summed E-state index contributed by atoms with van der Waals surface area (Å²) in [6.45, 7) is 2.44. The van der Waals surface area contributed by atoms with Crippen molar-refractivity contribution in [2.24, 2.45) is 0 Å². The predicted molar refractivity (Wildman–Crippen MR) is 110 cm³/mol. The smallest absolute Gasteiger partial charge is 0.433 e. The second-order valence-electron chi connectivity index (χ2n) is 7.59. The number of nitrogens with zero attached hydrogens (tertiary/aromatic N) is 4. The van der Waals surface area contributed by atoms with Crippen LogP contribution in [-0.4, -0.2) is 52.2 Å². The van der Waals surface area contributed by atoms with Crippen molar-refractivity contribution < 1.29 is 27.4 Å². The molecule has 1 aliphatic heterocycles. The van der Waals surface area contributed by atoms with Crippen LogP contribution in [-0.2, 0) is 17.4 Å². The molecular formula is C22H23F3N4O3. The van der Waals surface area contributed by atoms with E-state index in [-0.39, 0.29) is 24.1 Å². The van der Waals surface area contributed by atoms with Gasteiger partial charge in [0, 0.05) is 30.8 Å². The average Bonchev–Trinajstić information content (AvgIpc) is 3.43. The van der Waals surface area contributed by atoms with Gasteiger partial charge in [0.2, 0.25) is 0 Å². The van der Waals surface area contributed by atoms with Gasteiger partial charge in [0.15, 0.2) is 23.8 Å². The molecule has 1 aromatic carbocycles. The molecule has 0 radical (unpaired) electrons. The Morgan fingerprint density at radius 2 is 1.97 bits per heavy atom. The summed E-state index contributed by atoms with van der Waals surface area (Å²) in [4.78, 5) is 18.5. The second-order valence-corrected chi connectivity index (χ2v) is 7.59. The molecule has 170 valence electrons. The van der Waals surface area contributed by atoms with Crippen molar-refractivity contribution in [3.05, 3.63) is 53.5 Å². The van der Waals surface area contributed by atoms with Crippen molar-refractivity contribution in [3.63, 3.8) is 0 Å². The lowest BCUT2D eigenvalue weighted by Gasteiger charge is -2.17. The number of likely N-dealkylation sites (tertiary alicyclic amines) is 1. The van der Waals surface area contributed by atoms with Crippen LogP contribution in [0.5, 0.6) is 11.5 Å². The molecule has 3 heterocycles. The van der Waals surface area contributed by atoms with Crippen LogP contribution < -0.4 is 9.47 Å². The Kier molecular flexibility index (Phi) is 5.94. The minimum atomic E-state index is -4.54. The third-order valence-corrected chi connectivity index (χ3v) is 5.53. The van der Waals surface area contributed by atoms with Gasteiger partial charge in [0.1, 0.15) is 5.69 Å². The fourth-order valence-corrected chi connectivity index (χ4v) is 3.82. The normalized spacial score (nSPS) is 16.5. The van der Waals surface area contributed by atoms with Gasteiger partial charge in [-0.1, -0.05) is 19.1 Å². The van der Waals surface area contributed by atoms with E-state index in [0.29, 0.717) is 48.8 Å². The fraction of sp³-hybridized carbons (Fsp3) is 0.409. The number of hydrogen-bond acceptors (Lipinski definition) is 5. The third-order valence-electron chi connectivity index (χ3n) is 5.53. The Morgan fingerprint density at radius 1 is 1.22 bits per heavy atom. The SMILES string of the molecule is CCc1cc(C(F)(F)F)n2nc([C@@H]3CCN(C(=O)COc4ccccc4OC)C3)cc2n1. The van der Waals surface area contributed by atoms with E-state index in [1.54, 1.807) is 42.2 Å². The van der Waals surface area contributed by atoms with E-state index in [4.69, 9.17) is 9.47 Å². The topological polar surface area (TPSA) is 69.0 Å². The standard InChI is InChI=1S/C22H23F3N4O3/c1-3-15-10-19(22(23,24)25)29-20(26-15)11-16(27-29)14-8-9-28(12-14)21(30)13-32-18-7-5-4-6-17(18)31-2/h4-7,10-11,14H,3,8-9,12-13H2,1-2H3/t14-/m1/s1. The molecular weight excluding hydrogens is 425 g/mol. The second kappa shape index (κ2) is 8.68. The predicted octanol–water partition coefficient (Wildman–Crippen LogP) is 3.71. The fourth-order valence-electron chi connectivity index (χ4n) is 3.82. The molecule has 0 aliphatic carbocycles. The number of aryl methyl sites for hydroxylation is 1. The van der Waals surface area contributed by atoms with Crippen molar-refractivity contribution in [2.45, 2.75) is 31.9 Å². The monoisotopic (exact) mass is 448 g/mol. The van der Waals surface area contributed by atoms with E-state index < -0.39 is 11.9 Å². The summed E-state index contributed by atoms with van der Waals surface area (Å²) in [7, 11) is 1.52. The molecule has 1 aliphatic rings. The van der Waals surface area contributed by atoms with Gasteiger partial charge in [-0.3, -0.25) is 4.79 Å². The minimum Gasteiger partial charge on any atom is -0.493 e. The summed E-state index contributed by atoms with van der Waals surface area (Å²) < 4.78 is 52.2. The van der Waals surface area contributed by atoms with Crippen molar-refractivity contribution >= 4 is 11.6 Å². The number of amides is 1. The van der Waals surface area contributed by atoms with Crippen LogP contribution in [0.3, 0.4) is 0 Å². The van der Waals surface area contributed by atoms with Gasteiger partial charge in [0.05, 0.1) is 12.8 Å². The van der Waals surface area contributed by atoms with Crippen molar-refractivity contribution in [1.82, 2.24) is 19.5 Å². The van der Waals surface area contributed by atoms with E-state index in [9.17, 15) is 18.0 Å². The number of alkyl halides is 3. The summed E-state index contributed by atoms with van der Waals surface area (Å²) in [6, 6.07) is 9.65. The number of rotatable bonds is 6. The molecule has 7 nitrogen and oxygen atoms in total. The van der Waals surface area contributed by atoms with E-state index in [1.165, 1.54) is 7.11 Å². The summed E-state index contributed by atoms with van der Waals surface area (Å²) in [5.74, 6) is 0.628. The largest absolute Gasteiger partial charge is 0.493 e. The number of methoxy groups -OCH3 is 1. The number of benzene rings is 1. The van der Waals surface area contributed by atoms with Crippen LogP contribution in [0.1, 0.15) is 36.3 Å². The van der Waals surface area contributed by atoms with E-state index in [0.717, 1.165) is 10.6 Å². The Balaban J connectivity index is 1.47. The molecule has 1 atom stereocenters. The lowest BCUT2D eigenvalue weighted by molar-refractivity contribution is -0.142. The van der Waals surface area contributed by atoms with Gasteiger partial charge in [-0.25, -0.2) is 9.50 Å². The van der Waals surface area contributed by atoms with Crippen molar-refractivity contribution in [1.29, 1.82) is 0 Å². The molecule has 0 N–H and O–H groups in total. The van der Waals surface area contributed by atoms with Crippen LogP contribution in [0.25, 0.3) is 5.65 Å². The highest BCUT2D eigenvalue weighted by molar-refractivity contribution is 5.78. The molecule has 4 rings (SSSR count). The molecule has 0 saturated carbocycles. The average molecular weight is 448 g/mol. The highest BCUT2D eigenvalue weighted by Crippen LogP contribution is 2.32. The van der Waals surface area contributed by atoms with E-state index >= 15 is 0 Å². The number of hydrogen-bond donors (Lipinski definition) is 0. The maximum absolute atomic E-state index is 13.5. The van der Waals surface area contributed by atoms with E-state index in [2.05, 4.69) is 10.1 Å². The van der Waals surface area contributed by atoms with Gasteiger partial charge >= 0.3 is 6.18 Å². The quantitative estimate of drug-likeness (QED) is 0.575. The summed E-state index contributed by atoms with van der Waals surface area (Å²) >= 11 is 0. The van der Waals surface area contributed by atoms with Gasteiger partial charge in [-0.05, 0) is 31.0 Å². The number of fused-ring (bicyclic) bond motifs is 1. The molecule has 2 aromatic heterocycles. The molecule has 3 aromatic rings. The Morgan fingerprint density at radius 3 is 2.66 bits per heavy atom. The number of halogens is 3. The van der Waals surface area contributed by atoms with Crippen molar-refractivity contribution in [2.75, 3.05) is 26.8 Å². The highest BCUT2D eigenvalue weighted by Gasteiger charge is 2.36. The van der Waals surface area contributed by atoms with Crippen molar-refractivity contribution in [3.8, 4) is 11.5 Å². The molecule has 1 fully saturated rings. The number of ether oxygens (including phenoxy) is 2. The molecule has 0 bridgehead atoms. The molecule has 1 amide bonds. The first-order chi connectivity index (χ1) is 15.3.